The summed E-state index contributed by atoms with van der Waals surface area (Å²) in [5.41, 5.74) is 0. The van der Waals surface area contributed by atoms with Gasteiger partial charge in [0.1, 0.15) is 19.3 Å². The molecular formula is C85H140O17P2. The second-order valence-corrected chi connectivity index (χ2v) is 28.8. The summed E-state index contributed by atoms with van der Waals surface area (Å²) < 4.78 is 68.5. The summed E-state index contributed by atoms with van der Waals surface area (Å²) in [6.07, 6.45) is 88.1. The second-order valence-electron chi connectivity index (χ2n) is 25.9. The number of allylic oxidation sites excluding steroid dienone is 26. The van der Waals surface area contributed by atoms with Crippen molar-refractivity contribution in [3.05, 3.63) is 158 Å². The molecule has 5 unspecified atom stereocenters. The first-order valence-corrected chi connectivity index (χ1v) is 42.7. The maximum Gasteiger partial charge on any atom is 0.472 e. The van der Waals surface area contributed by atoms with Gasteiger partial charge in [-0.05, 0) is 135 Å². The zero-order chi connectivity index (χ0) is 76.0. The molecule has 0 aromatic rings. The van der Waals surface area contributed by atoms with Crippen molar-refractivity contribution in [1.82, 2.24) is 0 Å². The van der Waals surface area contributed by atoms with Gasteiger partial charge in [0.2, 0.25) is 0 Å². The number of phosphoric ester groups is 2. The van der Waals surface area contributed by atoms with Crippen LogP contribution >= 0.6 is 15.6 Å². The number of esters is 4. The molecule has 0 spiro atoms. The molecular weight excluding hydrogens is 1350 g/mol. The number of hydrogen-bond acceptors (Lipinski definition) is 15. The molecule has 0 aromatic carbocycles. The Hall–Kier alpha value is -5.32. The van der Waals surface area contributed by atoms with E-state index >= 15 is 0 Å². The van der Waals surface area contributed by atoms with Crippen LogP contribution in [0.4, 0.5) is 0 Å². The Labute approximate surface area is 629 Å². The summed E-state index contributed by atoms with van der Waals surface area (Å²) in [5.74, 6) is -2.33. The summed E-state index contributed by atoms with van der Waals surface area (Å²) >= 11 is 0. The summed E-state index contributed by atoms with van der Waals surface area (Å²) in [6, 6.07) is 0. The van der Waals surface area contributed by atoms with Gasteiger partial charge in [0.15, 0.2) is 12.2 Å². The van der Waals surface area contributed by atoms with E-state index in [4.69, 9.17) is 37.0 Å². The first-order valence-electron chi connectivity index (χ1n) is 39.7. The minimum absolute atomic E-state index is 0.0231. The Bertz CT molecular complexity index is 2590. The van der Waals surface area contributed by atoms with Crippen LogP contribution in [0.3, 0.4) is 0 Å². The summed E-state index contributed by atoms with van der Waals surface area (Å²) in [5, 5.41) is 10.6. The number of rotatable bonds is 73. The molecule has 0 bridgehead atoms. The van der Waals surface area contributed by atoms with Gasteiger partial charge in [-0.15, -0.1) is 0 Å². The summed E-state index contributed by atoms with van der Waals surface area (Å²) in [7, 11) is -10.00. The van der Waals surface area contributed by atoms with E-state index in [9.17, 15) is 43.2 Å². The fourth-order valence-electron chi connectivity index (χ4n) is 10.0. The Morgan fingerprint density at radius 1 is 0.279 bits per heavy atom. The molecule has 0 radical (unpaired) electrons. The number of ether oxygens (including phenoxy) is 4. The topological polar surface area (TPSA) is 237 Å². The van der Waals surface area contributed by atoms with E-state index in [1.54, 1.807) is 0 Å². The molecule has 3 N–H and O–H groups in total. The molecule has 592 valence electrons. The Kier molecular flexibility index (Phi) is 72.0. The Balaban J connectivity index is 5.48. The third kappa shape index (κ3) is 74.9. The zero-order valence-electron chi connectivity index (χ0n) is 64.6. The molecule has 17 nitrogen and oxygen atoms in total. The third-order valence-corrected chi connectivity index (χ3v) is 17.9. The average molecular weight is 1500 g/mol. The molecule has 5 atom stereocenters. The molecule has 0 amide bonds. The molecule has 0 aromatic heterocycles. The van der Waals surface area contributed by atoms with Crippen LogP contribution in [-0.4, -0.2) is 96.7 Å². The lowest BCUT2D eigenvalue weighted by Gasteiger charge is -2.21. The maximum absolute atomic E-state index is 13.1. The first kappa shape index (κ1) is 98.7. The van der Waals surface area contributed by atoms with Gasteiger partial charge in [0, 0.05) is 25.7 Å². The summed E-state index contributed by atoms with van der Waals surface area (Å²) in [6.45, 7) is 4.44. The highest BCUT2D eigenvalue weighted by Gasteiger charge is 2.30. The second kappa shape index (κ2) is 75.9. The van der Waals surface area contributed by atoms with Gasteiger partial charge in [-0.2, -0.15) is 0 Å². The van der Waals surface area contributed by atoms with Crippen molar-refractivity contribution in [3.8, 4) is 0 Å². The third-order valence-electron chi connectivity index (χ3n) is 16.0. The van der Waals surface area contributed by atoms with E-state index in [0.29, 0.717) is 32.1 Å². The van der Waals surface area contributed by atoms with Crippen LogP contribution in [0.15, 0.2) is 158 Å². The van der Waals surface area contributed by atoms with Crippen molar-refractivity contribution in [2.24, 2.45) is 0 Å². The van der Waals surface area contributed by atoms with Gasteiger partial charge < -0.3 is 33.8 Å². The van der Waals surface area contributed by atoms with Crippen molar-refractivity contribution < 1.29 is 80.2 Å². The van der Waals surface area contributed by atoms with E-state index < -0.39 is 97.5 Å². The van der Waals surface area contributed by atoms with Gasteiger partial charge >= 0.3 is 39.5 Å². The highest BCUT2D eigenvalue weighted by atomic mass is 31.2. The molecule has 0 aliphatic heterocycles. The predicted molar refractivity (Wildman–Crippen MR) is 427 cm³/mol. The smallest absolute Gasteiger partial charge is 0.462 e. The van der Waals surface area contributed by atoms with Crippen LogP contribution in [-0.2, 0) is 65.4 Å². The normalized spacial score (nSPS) is 14.7. The van der Waals surface area contributed by atoms with Crippen LogP contribution in [0.1, 0.15) is 297 Å². The molecule has 104 heavy (non-hydrogen) atoms. The Morgan fingerprint density at radius 3 is 0.875 bits per heavy atom. The lowest BCUT2D eigenvalue weighted by atomic mass is 10.0. The van der Waals surface area contributed by atoms with Crippen molar-refractivity contribution >= 4 is 39.5 Å². The number of phosphoric acid groups is 2. The number of unbranched alkanes of at least 4 members (excludes halogenated alkanes) is 21. The predicted octanol–water partition coefficient (Wildman–Crippen LogP) is 23.2. The minimum Gasteiger partial charge on any atom is -0.462 e. The van der Waals surface area contributed by atoms with Gasteiger partial charge in [-0.1, -0.05) is 295 Å². The van der Waals surface area contributed by atoms with Gasteiger partial charge in [0.05, 0.1) is 26.4 Å². The number of aliphatic hydroxyl groups excluding tert-OH is 1. The molecule has 0 rings (SSSR count). The molecule has 0 saturated heterocycles. The van der Waals surface area contributed by atoms with Crippen LogP contribution in [0.25, 0.3) is 0 Å². The van der Waals surface area contributed by atoms with Crippen molar-refractivity contribution in [1.29, 1.82) is 0 Å². The van der Waals surface area contributed by atoms with E-state index in [-0.39, 0.29) is 25.7 Å². The van der Waals surface area contributed by atoms with Crippen molar-refractivity contribution in [2.75, 3.05) is 39.6 Å². The molecule has 0 fully saturated rings. The standard InChI is InChI=1S/C85H140O17P2/c1-5-9-13-17-21-25-29-33-35-37-39-41-43-47-50-54-58-62-66-70-83(88)96-76-81(102-85(90)72-68-64-60-56-52-48-44-42-40-38-36-34-30-26-22-18-14-10-6-2)78-100-104(93,94)98-74-79(86)73-97-103(91,92)99-77-80(101-84(89)71-67-63-59-55-51-46-32-28-24-20-16-12-8-4)75-95-82(87)69-65-61-57-53-49-45-31-27-23-19-15-11-7-3/h9-10,13-15,19,21-22,25-27,31,33-36,39-42,47-48,50,52,58,62,79-81,86H,5-8,11-12,16-18,20,23-24,28-30,32,37-38,43-46,49,51,53-57,59-61,63-78H2,1-4H3,(H,91,92)(H,93,94)/b13-9-,14-10-,19-15-,25-21-,26-22-,31-27-,35-33-,36-34-,41-39-,42-40-,50-47-,52-48-,62-58-. The highest BCUT2D eigenvalue weighted by molar-refractivity contribution is 7.47. The molecule has 0 aliphatic carbocycles. The van der Waals surface area contributed by atoms with Crippen LogP contribution < -0.4 is 0 Å². The molecule has 0 aliphatic rings. The van der Waals surface area contributed by atoms with E-state index in [1.807, 2.05) is 18.2 Å². The van der Waals surface area contributed by atoms with Crippen LogP contribution in [0, 0.1) is 0 Å². The average Bonchev–Trinajstić information content (AvgIpc) is 0.906. The number of carbonyl (C=O) groups excluding carboxylic acids is 4. The first-order chi connectivity index (χ1) is 50.7. The van der Waals surface area contributed by atoms with Crippen LogP contribution in [0.5, 0.6) is 0 Å². The lowest BCUT2D eigenvalue weighted by Crippen LogP contribution is -2.30. The minimum atomic E-state index is -5.01. The van der Waals surface area contributed by atoms with Crippen LogP contribution in [0.2, 0.25) is 0 Å². The van der Waals surface area contributed by atoms with Gasteiger partial charge in [-0.3, -0.25) is 37.3 Å². The monoisotopic (exact) mass is 1490 g/mol. The maximum atomic E-state index is 13.1. The largest absolute Gasteiger partial charge is 0.472 e. The molecule has 0 saturated carbocycles. The molecule has 0 heterocycles. The van der Waals surface area contributed by atoms with E-state index in [2.05, 4.69) is 167 Å². The molecule has 19 heteroatoms. The lowest BCUT2D eigenvalue weighted by molar-refractivity contribution is -0.161. The summed E-state index contributed by atoms with van der Waals surface area (Å²) in [4.78, 5) is 73.0. The van der Waals surface area contributed by atoms with E-state index in [0.717, 1.165) is 161 Å². The zero-order valence-corrected chi connectivity index (χ0v) is 66.4. The SMILES string of the molecule is CC/C=C\C/C=C\C/C=C\C/C=C\C/C=C\C/C=C\CCC(=O)OCC(COP(=O)(O)OCC(O)COP(=O)(O)OCC(COC(=O)CCCCCCC/C=C\C/C=C\CCC)OC(=O)CCCCCCCCCCCCCCC)OC(=O)CCCCC/C=C\C/C=C\C/C=C\C/C=C\C/C=C\CC. The van der Waals surface area contributed by atoms with E-state index in [1.165, 1.54) is 51.4 Å². The number of carbonyl (C=O) groups is 4. The fraction of sp³-hybridized carbons (Fsp3) is 0.647. The van der Waals surface area contributed by atoms with Gasteiger partial charge in [-0.25, -0.2) is 9.13 Å². The number of aliphatic hydroxyl groups is 1. The van der Waals surface area contributed by atoms with Crippen molar-refractivity contribution in [3.63, 3.8) is 0 Å². The Morgan fingerprint density at radius 2 is 0.538 bits per heavy atom. The van der Waals surface area contributed by atoms with Gasteiger partial charge in [0.25, 0.3) is 0 Å². The highest BCUT2D eigenvalue weighted by Crippen LogP contribution is 2.45. The fourth-order valence-corrected chi connectivity index (χ4v) is 11.6. The number of hydrogen-bond donors (Lipinski definition) is 3. The quantitative estimate of drug-likeness (QED) is 0.0169. The van der Waals surface area contributed by atoms with Crippen molar-refractivity contribution in [2.45, 2.75) is 316 Å².